The molecule has 0 saturated carbocycles. The van der Waals surface area contributed by atoms with E-state index < -0.39 is 5.82 Å². The highest BCUT2D eigenvalue weighted by Crippen LogP contribution is 2.21. The second-order valence-electron chi connectivity index (χ2n) is 4.57. The van der Waals surface area contributed by atoms with Crippen molar-refractivity contribution in [3.63, 3.8) is 0 Å². The molecule has 4 nitrogen and oxygen atoms in total. The summed E-state index contributed by atoms with van der Waals surface area (Å²) in [6, 6.07) is 9.28. The maximum atomic E-state index is 13.2. The van der Waals surface area contributed by atoms with E-state index in [9.17, 15) is 9.18 Å². The molecule has 3 rings (SSSR count). The van der Waals surface area contributed by atoms with Gasteiger partial charge in [-0.1, -0.05) is 6.07 Å². The third kappa shape index (κ3) is 3.42. The Kier molecular flexibility index (Phi) is 4.35. The molecule has 0 unspecified atom stereocenters. The topological polar surface area (TPSA) is 46.9 Å². The summed E-state index contributed by atoms with van der Waals surface area (Å²) < 4.78 is 15.9. The first-order chi connectivity index (χ1) is 10.6. The molecular weight excluding hydrogens is 369 g/mol. The number of thiophene rings is 1. The van der Waals surface area contributed by atoms with E-state index in [-0.39, 0.29) is 11.5 Å². The van der Waals surface area contributed by atoms with Crippen LogP contribution in [0.5, 0.6) is 0 Å². The Hall–Kier alpha value is -1.99. The molecule has 0 bridgehead atoms. The lowest BCUT2D eigenvalue weighted by Gasteiger charge is -2.08. The standard InChI is InChI=1S/C15H11BrFN3OS/c16-11-7-13(22-9-11)8-20-14(4-5-18-20)19-15(21)10-2-1-3-12(17)6-10/h1-7,9H,8H2,(H,19,21). The zero-order valence-corrected chi connectivity index (χ0v) is 13.7. The van der Waals surface area contributed by atoms with E-state index in [1.165, 1.54) is 18.2 Å². The van der Waals surface area contributed by atoms with Crippen LogP contribution < -0.4 is 5.32 Å². The molecule has 1 aromatic carbocycles. The van der Waals surface area contributed by atoms with Crippen LogP contribution in [0.15, 0.2) is 52.4 Å². The van der Waals surface area contributed by atoms with E-state index in [0.29, 0.717) is 12.4 Å². The van der Waals surface area contributed by atoms with Crippen molar-refractivity contribution in [1.82, 2.24) is 9.78 Å². The summed E-state index contributed by atoms with van der Waals surface area (Å²) in [5.41, 5.74) is 0.270. The van der Waals surface area contributed by atoms with Gasteiger partial charge in [-0.15, -0.1) is 11.3 Å². The fourth-order valence-electron chi connectivity index (χ4n) is 1.97. The number of amides is 1. The van der Waals surface area contributed by atoms with Gasteiger partial charge in [-0.25, -0.2) is 9.07 Å². The van der Waals surface area contributed by atoms with Crippen LogP contribution in [0, 0.1) is 5.82 Å². The molecule has 22 heavy (non-hydrogen) atoms. The van der Waals surface area contributed by atoms with Gasteiger partial charge in [0.25, 0.3) is 5.91 Å². The summed E-state index contributed by atoms with van der Waals surface area (Å²) in [5, 5.41) is 8.94. The maximum absolute atomic E-state index is 13.2. The molecule has 0 radical (unpaired) electrons. The van der Waals surface area contributed by atoms with Crippen molar-refractivity contribution in [1.29, 1.82) is 0 Å². The predicted octanol–water partition coefficient (Wildman–Crippen LogP) is 4.15. The highest BCUT2D eigenvalue weighted by atomic mass is 79.9. The molecule has 0 aliphatic carbocycles. The molecule has 1 N–H and O–H groups in total. The quantitative estimate of drug-likeness (QED) is 0.739. The summed E-state index contributed by atoms with van der Waals surface area (Å²) in [5.74, 6) is -0.239. The minimum atomic E-state index is -0.440. The molecule has 0 aliphatic heterocycles. The van der Waals surface area contributed by atoms with Gasteiger partial charge in [-0.3, -0.25) is 4.79 Å². The van der Waals surface area contributed by atoms with Crippen molar-refractivity contribution < 1.29 is 9.18 Å². The second-order valence-corrected chi connectivity index (χ2v) is 6.48. The number of nitrogens with one attached hydrogen (secondary N) is 1. The van der Waals surface area contributed by atoms with Crippen LogP contribution in [0.2, 0.25) is 0 Å². The Morgan fingerprint density at radius 2 is 2.23 bits per heavy atom. The highest BCUT2D eigenvalue weighted by Gasteiger charge is 2.11. The fraction of sp³-hybridized carbons (Fsp3) is 0.0667. The van der Waals surface area contributed by atoms with Gasteiger partial charge < -0.3 is 5.32 Å². The van der Waals surface area contributed by atoms with Crippen LogP contribution in [0.4, 0.5) is 10.2 Å². The minimum absolute atomic E-state index is 0.270. The van der Waals surface area contributed by atoms with Crippen molar-refractivity contribution in [2.75, 3.05) is 5.32 Å². The number of halogens is 2. The van der Waals surface area contributed by atoms with Gasteiger partial charge in [0.15, 0.2) is 0 Å². The Morgan fingerprint density at radius 3 is 2.95 bits per heavy atom. The molecule has 0 fully saturated rings. The number of anilines is 1. The normalized spacial score (nSPS) is 10.6. The zero-order chi connectivity index (χ0) is 15.5. The van der Waals surface area contributed by atoms with Crippen LogP contribution in [0.1, 0.15) is 15.2 Å². The molecule has 0 spiro atoms. The monoisotopic (exact) mass is 379 g/mol. The van der Waals surface area contributed by atoms with Crippen LogP contribution in [0.3, 0.4) is 0 Å². The van der Waals surface area contributed by atoms with Gasteiger partial charge in [0.2, 0.25) is 0 Å². The third-order valence-electron chi connectivity index (χ3n) is 2.97. The Bertz CT molecular complexity index is 814. The van der Waals surface area contributed by atoms with Gasteiger partial charge in [-0.2, -0.15) is 5.10 Å². The molecule has 1 amide bonds. The van der Waals surface area contributed by atoms with E-state index in [0.717, 1.165) is 9.35 Å². The Balaban J connectivity index is 1.76. The number of rotatable bonds is 4. The van der Waals surface area contributed by atoms with Gasteiger partial charge in [0.1, 0.15) is 11.6 Å². The van der Waals surface area contributed by atoms with Crippen LogP contribution in [0.25, 0.3) is 0 Å². The molecule has 3 aromatic rings. The number of carbonyl (C=O) groups is 1. The lowest BCUT2D eigenvalue weighted by Crippen LogP contribution is -2.16. The third-order valence-corrected chi connectivity index (χ3v) is 4.65. The van der Waals surface area contributed by atoms with Crippen molar-refractivity contribution in [2.24, 2.45) is 0 Å². The number of carbonyl (C=O) groups excluding carboxylic acids is 1. The van der Waals surface area contributed by atoms with Gasteiger partial charge in [-0.05, 0) is 40.2 Å². The van der Waals surface area contributed by atoms with Crippen LogP contribution in [-0.2, 0) is 6.54 Å². The van der Waals surface area contributed by atoms with Crippen LogP contribution >= 0.6 is 27.3 Å². The van der Waals surface area contributed by atoms with Gasteiger partial charge >= 0.3 is 0 Å². The lowest BCUT2D eigenvalue weighted by molar-refractivity contribution is 0.102. The molecule has 0 saturated heterocycles. The average molecular weight is 380 g/mol. The molecular formula is C15H11BrFN3OS. The van der Waals surface area contributed by atoms with E-state index in [4.69, 9.17) is 0 Å². The molecule has 2 heterocycles. The van der Waals surface area contributed by atoms with E-state index in [2.05, 4.69) is 26.3 Å². The average Bonchev–Trinajstić information content (AvgIpc) is 3.09. The van der Waals surface area contributed by atoms with Gasteiger partial charge in [0.05, 0.1) is 12.7 Å². The van der Waals surface area contributed by atoms with Gasteiger partial charge in [0, 0.05) is 26.4 Å². The van der Waals surface area contributed by atoms with Crippen molar-refractivity contribution >= 4 is 39.0 Å². The summed E-state index contributed by atoms with van der Waals surface area (Å²) in [6.07, 6.45) is 1.61. The molecule has 112 valence electrons. The van der Waals surface area contributed by atoms with E-state index >= 15 is 0 Å². The smallest absolute Gasteiger partial charge is 0.256 e. The number of nitrogens with zero attached hydrogens (tertiary/aromatic N) is 2. The summed E-state index contributed by atoms with van der Waals surface area (Å²) in [6.45, 7) is 0.558. The Labute approximate surface area is 138 Å². The molecule has 7 heteroatoms. The molecule has 2 aromatic heterocycles. The summed E-state index contributed by atoms with van der Waals surface area (Å²) >= 11 is 5.01. The van der Waals surface area contributed by atoms with Crippen molar-refractivity contribution in [3.8, 4) is 0 Å². The Morgan fingerprint density at radius 1 is 1.36 bits per heavy atom. The number of hydrogen-bond acceptors (Lipinski definition) is 3. The lowest BCUT2D eigenvalue weighted by atomic mass is 10.2. The fourth-order valence-corrected chi connectivity index (χ4v) is 3.40. The summed E-state index contributed by atoms with van der Waals surface area (Å²) in [7, 11) is 0. The second kappa shape index (κ2) is 6.41. The zero-order valence-electron chi connectivity index (χ0n) is 11.3. The predicted molar refractivity (Wildman–Crippen MR) is 87.7 cm³/mol. The van der Waals surface area contributed by atoms with E-state index in [1.807, 2.05) is 11.4 Å². The van der Waals surface area contributed by atoms with Crippen molar-refractivity contribution in [3.05, 3.63) is 68.7 Å². The largest absolute Gasteiger partial charge is 0.307 e. The maximum Gasteiger partial charge on any atom is 0.256 e. The minimum Gasteiger partial charge on any atom is -0.307 e. The van der Waals surface area contributed by atoms with Crippen LogP contribution in [-0.4, -0.2) is 15.7 Å². The summed E-state index contributed by atoms with van der Waals surface area (Å²) in [4.78, 5) is 13.3. The molecule has 0 atom stereocenters. The van der Waals surface area contributed by atoms with E-state index in [1.54, 1.807) is 34.3 Å². The first-order valence-electron chi connectivity index (χ1n) is 6.43. The number of benzene rings is 1. The molecule has 0 aliphatic rings. The highest BCUT2D eigenvalue weighted by molar-refractivity contribution is 9.10. The SMILES string of the molecule is O=C(Nc1ccnn1Cc1cc(Br)cs1)c1cccc(F)c1. The first-order valence-corrected chi connectivity index (χ1v) is 8.11. The first kappa shape index (κ1) is 14.9. The van der Waals surface area contributed by atoms with Crippen molar-refractivity contribution in [2.45, 2.75) is 6.54 Å². The number of aromatic nitrogens is 2. The number of hydrogen-bond donors (Lipinski definition) is 1.